The van der Waals surface area contributed by atoms with Gasteiger partial charge in [0.25, 0.3) is 5.91 Å². The van der Waals surface area contributed by atoms with Gasteiger partial charge in [0.15, 0.2) is 5.78 Å². The molecule has 1 amide bonds. The average Bonchev–Trinajstić information content (AvgIpc) is 3.26. The molecular weight excluding hydrogens is 555 g/mol. The summed E-state index contributed by atoms with van der Waals surface area (Å²) in [5.41, 5.74) is 3.63. The van der Waals surface area contributed by atoms with Crippen LogP contribution in [0.1, 0.15) is 34.1 Å². The highest BCUT2D eigenvalue weighted by atomic mass is 127. The third-order valence-corrected chi connectivity index (χ3v) is 7.06. The Bertz CT molecular complexity index is 1180. The molecule has 0 saturated carbocycles. The molecule has 3 aromatic rings. The van der Waals surface area contributed by atoms with Crippen LogP contribution in [-0.4, -0.2) is 63.5 Å². The zero-order valence-corrected chi connectivity index (χ0v) is 22.2. The Morgan fingerprint density at radius 2 is 1.77 bits per heavy atom. The van der Waals surface area contributed by atoms with Gasteiger partial charge in [-0.15, -0.1) is 0 Å². The lowest BCUT2D eigenvalue weighted by atomic mass is 10.1. The van der Waals surface area contributed by atoms with Gasteiger partial charge in [0, 0.05) is 61.1 Å². The molecule has 0 unspecified atom stereocenters. The quantitative estimate of drug-likeness (QED) is 0.0840. The maximum Gasteiger partial charge on any atom is 0.289 e. The predicted octanol–water partition coefficient (Wildman–Crippen LogP) is 4.97. The van der Waals surface area contributed by atoms with Crippen molar-refractivity contribution in [3.63, 3.8) is 0 Å². The lowest BCUT2D eigenvalue weighted by Gasteiger charge is -2.36. The standard InChI is InChI=1S/C27H31IN4O3/c1-3-35-32(20-28)27(34)25-19-31(26-8-5-4-7-24(25)26)14-6-13-29-15-17-30(18-16-29)23-11-9-22(10-12-23)21(2)33/h3-5,7-12,19H,1,6,13-18,20H2,2H3. The maximum atomic E-state index is 13.0. The van der Waals surface area contributed by atoms with Crippen molar-refractivity contribution in [2.45, 2.75) is 19.9 Å². The molecule has 35 heavy (non-hydrogen) atoms. The molecule has 2 aromatic carbocycles. The Morgan fingerprint density at radius 3 is 2.43 bits per heavy atom. The van der Waals surface area contributed by atoms with E-state index >= 15 is 0 Å². The minimum absolute atomic E-state index is 0.0979. The number of rotatable bonds is 10. The number of anilines is 1. The molecule has 184 valence electrons. The number of aryl methyl sites for hydroxylation is 1. The molecule has 1 aliphatic rings. The van der Waals surface area contributed by atoms with E-state index in [1.54, 1.807) is 6.92 Å². The number of ketones is 1. The highest BCUT2D eigenvalue weighted by Crippen LogP contribution is 2.24. The van der Waals surface area contributed by atoms with Crippen LogP contribution in [0.3, 0.4) is 0 Å². The third-order valence-electron chi connectivity index (χ3n) is 6.44. The van der Waals surface area contributed by atoms with E-state index < -0.39 is 0 Å². The number of halogens is 1. The number of aromatic nitrogens is 1. The summed E-state index contributed by atoms with van der Waals surface area (Å²) in [5.74, 6) is -0.0672. The molecule has 1 fully saturated rings. The van der Waals surface area contributed by atoms with Crippen molar-refractivity contribution >= 4 is 50.9 Å². The number of fused-ring (bicyclic) bond motifs is 1. The maximum absolute atomic E-state index is 13.0. The van der Waals surface area contributed by atoms with Crippen LogP contribution in [0.4, 0.5) is 5.69 Å². The fourth-order valence-electron chi connectivity index (χ4n) is 4.56. The summed E-state index contributed by atoms with van der Waals surface area (Å²) in [6.07, 6.45) is 4.22. The minimum Gasteiger partial charge on any atom is -0.384 e. The highest BCUT2D eigenvalue weighted by molar-refractivity contribution is 14.1. The molecule has 2 heterocycles. The number of hydrogen-bond acceptors (Lipinski definition) is 5. The van der Waals surface area contributed by atoms with E-state index in [9.17, 15) is 9.59 Å². The van der Waals surface area contributed by atoms with Gasteiger partial charge in [0.05, 0.1) is 5.56 Å². The van der Waals surface area contributed by atoms with Gasteiger partial charge in [-0.1, -0.05) is 47.4 Å². The largest absolute Gasteiger partial charge is 0.384 e. The van der Waals surface area contributed by atoms with Gasteiger partial charge in [0.2, 0.25) is 0 Å². The van der Waals surface area contributed by atoms with Crippen LogP contribution < -0.4 is 4.90 Å². The van der Waals surface area contributed by atoms with E-state index in [-0.39, 0.29) is 11.7 Å². The Hall–Kier alpha value is -2.85. The number of hydroxylamine groups is 2. The number of amides is 1. The van der Waals surface area contributed by atoms with Crippen LogP contribution >= 0.6 is 22.6 Å². The fourth-order valence-corrected chi connectivity index (χ4v) is 5.03. The van der Waals surface area contributed by atoms with E-state index in [4.69, 9.17) is 4.84 Å². The first-order chi connectivity index (χ1) is 17.0. The third kappa shape index (κ3) is 5.87. The lowest BCUT2D eigenvalue weighted by Crippen LogP contribution is -2.46. The Balaban J connectivity index is 1.34. The molecule has 1 aliphatic heterocycles. The summed E-state index contributed by atoms with van der Waals surface area (Å²) >= 11 is 2.10. The molecule has 0 bridgehead atoms. The van der Waals surface area contributed by atoms with Crippen LogP contribution in [-0.2, 0) is 11.4 Å². The second-order valence-electron chi connectivity index (χ2n) is 8.61. The van der Waals surface area contributed by atoms with Gasteiger partial charge >= 0.3 is 0 Å². The van der Waals surface area contributed by atoms with Crippen LogP contribution in [0.25, 0.3) is 10.9 Å². The molecule has 1 saturated heterocycles. The Labute approximate surface area is 220 Å². The summed E-state index contributed by atoms with van der Waals surface area (Å²) < 4.78 is 2.59. The topological polar surface area (TPSA) is 58.0 Å². The Kier molecular flexibility index (Phi) is 8.46. The smallest absolute Gasteiger partial charge is 0.289 e. The fraction of sp³-hybridized carbons (Fsp3) is 0.333. The average molecular weight is 586 g/mol. The zero-order valence-electron chi connectivity index (χ0n) is 20.0. The van der Waals surface area contributed by atoms with Crippen LogP contribution in [0.15, 0.2) is 67.6 Å². The lowest BCUT2D eigenvalue weighted by molar-refractivity contribution is -0.0518. The number of carbonyl (C=O) groups excluding carboxylic acids is 2. The van der Waals surface area contributed by atoms with Crippen molar-refractivity contribution in [1.82, 2.24) is 14.5 Å². The van der Waals surface area contributed by atoms with E-state index in [2.05, 4.69) is 49.6 Å². The summed E-state index contributed by atoms with van der Waals surface area (Å²) in [6.45, 7) is 11.0. The molecule has 0 atom stereocenters. The van der Waals surface area contributed by atoms with Crippen molar-refractivity contribution in [3.8, 4) is 0 Å². The van der Waals surface area contributed by atoms with Gasteiger partial charge in [-0.25, -0.2) is 0 Å². The van der Waals surface area contributed by atoms with Gasteiger partial charge in [-0.05, 0) is 50.2 Å². The van der Waals surface area contributed by atoms with Crippen LogP contribution in [0.2, 0.25) is 0 Å². The summed E-state index contributed by atoms with van der Waals surface area (Å²) in [7, 11) is 0. The van der Waals surface area contributed by atoms with Crippen molar-refractivity contribution < 1.29 is 14.4 Å². The highest BCUT2D eigenvalue weighted by Gasteiger charge is 2.21. The second-order valence-corrected chi connectivity index (χ2v) is 9.30. The first kappa shape index (κ1) is 25.2. The first-order valence-corrected chi connectivity index (χ1v) is 13.4. The number of carbonyl (C=O) groups is 2. The normalized spacial score (nSPS) is 14.2. The minimum atomic E-state index is -0.165. The molecule has 7 nitrogen and oxygen atoms in total. The number of piperazine rings is 1. The molecule has 0 N–H and O–H groups in total. The number of alkyl halides is 1. The monoisotopic (exact) mass is 586 g/mol. The molecule has 4 rings (SSSR count). The number of benzene rings is 2. The first-order valence-electron chi connectivity index (χ1n) is 11.8. The predicted molar refractivity (Wildman–Crippen MR) is 148 cm³/mol. The van der Waals surface area contributed by atoms with E-state index in [0.29, 0.717) is 10.1 Å². The van der Waals surface area contributed by atoms with Crippen LogP contribution in [0.5, 0.6) is 0 Å². The number of Topliss-reactive ketones (excluding diaryl/α,β-unsaturated/α-hetero) is 1. The second kappa shape index (κ2) is 11.7. The van der Waals surface area contributed by atoms with Gasteiger partial charge < -0.3 is 14.3 Å². The summed E-state index contributed by atoms with van der Waals surface area (Å²) in [4.78, 5) is 34.7. The summed E-state index contributed by atoms with van der Waals surface area (Å²) in [6, 6.07) is 15.9. The van der Waals surface area contributed by atoms with E-state index in [1.807, 2.05) is 48.7 Å². The molecule has 0 aliphatic carbocycles. The molecule has 8 heteroatoms. The molecule has 0 radical (unpaired) electrons. The summed E-state index contributed by atoms with van der Waals surface area (Å²) in [5, 5.41) is 2.25. The molecule has 1 aromatic heterocycles. The number of nitrogens with zero attached hydrogens (tertiary/aromatic N) is 4. The van der Waals surface area contributed by atoms with Crippen molar-refractivity contribution in [3.05, 3.63) is 78.7 Å². The van der Waals surface area contributed by atoms with E-state index in [0.717, 1.165) is 62.2 Å². The Morgan fingerprint density at radius 1 is 1.06 bits per heavy atom. The van der Waals surface area contributed by atoms with Crippen molar-refractivity contribution in [1.29, 1.82) is 0 Å². The zero-order chi connectivity index (χ0) is 24.8. The van der Waals surface area contributed by atoms with Gasteiger partial charge in [-0.3, -0.25) is 14.5 Å². The van der Waals surface area contributed by atoms with Gasteiger partial charge in [0.1, 0.15) is 10.8 Å². The van der Waals surface area contributed by atoms with Crippen molar-refractivity contribution in [2.75, 3.05) is 42.2 Å². The SMILES string of the molecule is C=CON(CI)C(=O)c1cn(CCCN2CCN(c3ccc(C(C)=O)cc3)CC2)c2ccccc12. The van der Waals surface area contributed by atoms with E-state index in [1.165, 1.54) is 17.0 Å². The van der Waals surface area contributed by atoms with Crippen molar-refractivity contribution in [2.24, 2.45) is 0 Å². The molecule has 0 spiro atoms. The number of para-hydroxylation sites is 1. The van der Waals surface area contributed by atoms with Crippen LogP contribution in [0, 0.1) is 0 Å². The number of hydrogen-bond donors (Lipinski definition) is 0. The van der Waals surface area contributed by atoms with Gasteiger partial charge in [-0.2, -0.15) is 5.06 Å². The molecular formula is C27H31IN4O3.